The SMILES string of the molecule is CCCCC(C)CC1C=CC(C)C2C(O)C3C(C)C4(C)C(=O)C(C(C)=O)C(C)CC4(C)CC3(C)CC12. The van der Waals surface area contributed by atoms with Crippen molar-refractivity contribution >= 4 is 11.6 Å². The Balaban J connectivity index is 1.71. The van der Waals surface area contributed by atoms with Gasteiger partial charge in [-0.1, -0.05) is 86.8 Å². The molecule has 3 fully saturated rings. The Bertz CT molecular complexity index is 891. The van der Waals surface area contributed by atoms with Gasteiger partial charge in [0.1, 0.15) is 11.6 Å². The summed E-state index contributed by atoms with van der Waals surface area (Å²) in [6.45, 7) is 19.8. The molecule has 13 unspecified atom stereocenters. The van der Waals surface area contributed by atoms with Crippen molar-refractivity contribution in [2.45, 2.75) is 113 Å². The molecule has 13 atom stereocenters. The van der Waals surface area contributed by atoms with Crippen LogP contribution in [0.1, 0.15) is 107 Å². The van der Waals surface area contributed by atoms with E-state index in [2.05, 4.69) is 67.5 Å². The number of hydrogen-bond donors (Lipinski definition) is 1. The molecule has 3 heteroatoms. The lowest BCUT2D eigenvalue weighted by atomic mass is 9.34. The van der Waals surface area contributed by atoms with Gasteiger partial charge < -0.3 is 5.11 Å². The van der Waals surface area contributed by atoms with Gasteiger partial charge in [0.15, 0.2) is 0 Å². The van der Waals surface area contributed by atoms with E-state index >= 15 is 0 Å². The van der Waals surface area contributed by atoms with Gasteiger partial charge in [-0.05, 0) is 90.8 Å². The van der Waals surface area contributed by atoms with E-state index in [1.54, 1.807) is 6.92 Å². The quantitative estimate of drug-likeness (QED) is 0.304. The summed E-state index contributed by atoms with van der Waals surface area (Å²) in [6.07, 6.45) is 12.6. The zero-order valence-corrected chi connectivity index (χ0v) is 24.6. The van der Waals surface area contributed by atoms with Crippen LogP contribution >= 0.6 is 0 Å². The van der Waals surface area contributed by atoms with Crippen LogP contribution in [-0.4, -0.2) is 22.8 Å². The first-order chi connectivity index (χ1) is 16.7. The van der Waals surface area contributed by atoms with Gasteiger partial charge in [-0.15, -0.1) is 0 Å². The van der Waals surface area contributed by atoms with Crippen molar-refractivity contribution in [1.82, 2.24) is 0 Å². The molecule has 4 aliphatic rings. The largest absolute Gasteiger partial charge is 0.392 e. The topological polar surface area (TPSA) is 54.4 Å². The second-order valence-electron chi connectivity index (χ2n) is 14.9. The molecule has 0 aromatic heterocycles. The average Bonchev–Trinajstić information content (AvgIpc) is 2.76. The van der Waals surface area contributed by atoms with Gasteiger partial charge in [0.2, 0.25) is 0 Å². The summed E-state index contributed by atoms with van der Waals surface area (Å²) in [7, 11) is 0. The van der Waals surface area contributed by atoms with E-state index in [0.717, 1.165) is 19.3 Å². The smallest absolute Gasteiger partial charge is 0.150 e. The Labute approximate surface area is 221 Å². The Morgan fingerprint density at radius 3 is 2.42 bits per heavy atom. The lowest BCUT2D eigenvalue weighted by Crippen LogP contribution is -2.69. The average molecular weight is 499 g/mol. The predicted octanol–water partition coefficient (Wildman–Crippen LogP) is 7.51. The number of ketones is 2. The molecule has 0 radical (unpaired) electrons. The Kier molecular flexibility index (Phi) is 7.52. The van der Waals surface area contributed by atoms with Crippen LogP contribution in [0.3, 0.4) is 0 Å². The summed E-state index contributed by atoms with van der Waals surface area (Å²) in [5, 5.41) is 12.2. The highest BCUT2D eigenvalue weighted by atomic mass is 16.3. The minimum absolute atomic E-state index is 0.00707. The maximum absolute atomic E-state index is 14.1. The van der Waals surface area contributed by atoms with Crippen molar-refractivity contribution in [1.29, 1.82) is 0 Å². The molecular weight excluding hydrogens is 444 g/mol. The van der Waals surface area contributed by atoms with Gasteiger partial charge in [-0.3, -0.25) is 9.59 Å². The molecule has 0 spiro atoms. The molecule has 4 aliphatic carbocycles. The summed E-state index contributed by atoms with van der Waals surface area (Å²) in [5.41, 5.74) is -0.713. The van der Waals surface area contributed by atoms with Gasteiger partial charge in [0.05, 0.1) is 12.0 Å². The summed E-state index contributed by atoms with van der Waals surface area (Å²) < 4.78 is 0. The maximum atomic E-state index is 14.1. The molecule has 3 nitrogen and oxygen atoms in total. The fraction of sp³-hybridized carbons (Fsp3) is 0.879. The zero-order chi connectivity index (χ0) is 26.8. The number of allylic oxidation sites excluding steroid dienone is 2. The van der Waals surface area contributed by atoms with E-state index < -0.39 is 17.4 Å². The number of carbonyl (C=O) groups is 2. The molecule has 0 saturated heterocycles. The van der Waals surface area contributed by atoms with E-state index in [1.165, 1.54) is 25.7 Å². The first kappa shape index (κ1) is 28.1. The van der Waals surface area contributed by atoms with Gasteiger partial charge in [-0.2, -0.15) is 0 Å². The van der Waals surface area contributed by atoms with Crippen molar-refractivity contribution in [2.24, 2.45) is 69.5 Å². The molecule has 36 heavy (non-hydrogen) atoms. The van der Waals surface area contributed by atoms with Crippen LogP contribution in [0.5, 0.6) is 0 Å². The first-order valence-corrected chi connectivity index (χ1v) is 15.1. The number of Topliss-reactive ketones (excluding diaryl/α,β-unsaturated/α-hetero) is 2. The lowest BCUT2D eigenvalue weighted by molar-refractivity contribution is -0.227. The highest BCUT2D eigenvalue weighted by Gasteiger charge is 2.70. The highest BCUT2D eigenvalue weighted by Crippen LogP contribution is 2.71. The molecule has 0 aromatic carbocycles. The van der Waals surface area contributed by atoms with Crippen LogP contribution in [0, 0.1) is 69.5 Å². The van der Waals surface area contributed by atoms with Crippen LogP contribution in [-0.2, 0) is 9.59 Å². The molecule has 0 bridgehead atoms. The predicted molar refractivity (Wildman–Crippen MR) is 147 cm³/mol. The number of carbonyl (C=O) groups excluding carboxylic acids is 2. The third-order valence-corrected chi connectivity index (χ3v) is 12.4. The van der Waals surface area contributed by atoms with Crippen molar-refractivity contribution in [3.05, 3.63) is 12.2 Å². The van der Waals surface area contributed by atoms with Gasteiger partial charge in [0, 0.05) is 5.41 Å². The maximum Gasteiger partial charge on any atom is 0.150 e. The normalized spacial score (nSPS) is 51.2. The third kappa shape index (κ3) is 4.09. The van der Waals surface area contributed by atoms with E-state index in [0.29, 0.717) is 23.7 Å². The Morgan fingerprint density at radius 1 is 1.14 bits per heavy atom. The van der Waals surface area contributed by atoms with Crippen LogP contribution < -0.4 is 0 Å². The summed E-state index contributed by atoms with van der Waals surface area (Å²) in [5.74, 6) is 2.29. The lowest BCUT2D eigenvalue weighted by Gasteiger charge is -2.69. The molecule has 0 amide bonds. The number of aliphatic hydroxyl groups is 1. The first-order valence-electron chi connectivity index (χ1n) is 15.1. The van der Waals surface area contributed by atoms with Crippen LogP contribution in [0.15, 0.2) is 12.2 Å². The fourth-order valence-corrected chi connectivity index (χ4v) is 10.7. The van der Waals surface area contributed by atoms with E-state index in [4.69, 9.17) is 0 Å². The van der Waals surface area contributed by atoms with Crippen LogP contribution in [0.2, 0.25) is 0 Å². The molecule has 0 aromatic rings. The second kappa shape index (κ2) is 9.65. The van der Waals surface area contributed by atoms with Crippen LogP contribution in [0.25, 0.3) is 0 Å². The molecular formula is C33H54O3. The molecule has 204 valence electrons. The minimum Gasteiger partial charge on any atom is -0.392 e. The van der Waals surface area contributed by atoms with Crippen molar-refractivity contribution < 1.29 is 14.7 Å². The van der Waals surface area contributed by atoms with Gasteiger partial charge in [-0.25, -0.2) is 0 Å². The minimum atomic E-state index is -0.574. The highest BCUT2D eigenvalue weighted by molar-refractivity contribution is 6.05. The van der Waals surface area contributed by atoms with Crippen LogP contribution in [0.4, 0.5) is 0 Å². The Morgan fingerprint density at radius 2 is 1.81 bits per heavy atom. The van der Waals surface area contributed by atoms with Crippen molar-refractivity contribution in [3.8, 4) is 0 Å². The summed E-state index contributed by atoms with van der Waals surface area (Å²) >= 11 is 0. The van der Waals surface area contributed by atoms with Gasteiger partial charge >= 0.3 is 0 Å². The molecule has 0 heterocycles. The van der Waals surface area contributed by atoms with Gasteiger partial charge in [0.25, 0.3) is 0 Å². The zero-order valence-electron chi connectivity index (χ0n) is 24.6. The molecule has 3 saturated carbocycles. The fourth-order valence-electron chi connectivity index (χ4n) is 10.7. The molecule has 0 aliphatic heterocycles. The number of unbranched alkanes of at least 4 members (excludes halogenated alkanes) is 1. The van der Waals surface area contributed by atoms with Crippen molar-refractivity contribution in [2.75, 3.05) is 0 Å². The standard InChI is InChI=1S/C33H54O3/c1-10-11-12-19(2)15-24-14-13-20(3)27-25(24)17-31(7)18-32(8)16-21(4)26(23(6)34)30(36)33(32,9)22(5)28(31)29(27)35/h13-14,19-22,24-29,35H,10-12,15-18H2,1-9H3. The summed E-state index contributed by atoms with van der Waals surface area (Å²) in [6, 6.07) is 0. The second-order valence-corrected chi connectivity index (χ2v) is 14.9. The molecule has 4 rings (SSSR count). The third-order valence-electron chi connectivity index (χ3n) is 12.4. The Hall–Kier alpha value is -0.960. The molecule has 1 N–H and O–H groups in total. The van der Waals surface area contributed by atoms with E-state index in [-0.39, 0.29) is 46.1 Å². The number of fused-ring (bicyclic) bond motifs is 3. The van der Waals surface area contributed by atoms with E-state index in [9.17, 15) is 14.7 Å². The number of aliphatic hydroxyl groups excluding tert-OH is 1. The monoisotopic (exact) mass is 498 g/mol. The van der Waals surface area contributed by atoms with E-state index in [1.807, 2.05) is 0 Å². The van der Waals surface area contributed by atoms with Crippen molar-refractivity contribution in [3.63, 3.8) is 0 Å². The number of rotatable bonds is 6. The number of hydrogen-bond acceptors (Lipinski definition) is 3. The summed E-state index contributed by atoms with van der Waals surface area (Å²) in [4.78, 5) is 26.7.